The lowest BCUT2D eigenvalue weighted by Crippen LogP contribution is -2.31. The molecule has 0 aromatic heterocycles. The van der Waals surface area contributed by atoms with Gasteiger partial charge in [-0.15, -0.1) is 0 Å². The molecule has 4 N–H and O–H groups in total. The zero-order valence-corrected chi connectivity index (χ0v) is 15.6. The maximum Gasteiger partial charge on any atom is 0.259 e. The lowest BCUT2D eigenvalue weighted by molar-refractivity contribution is -0.117. The number of carbonyl (C=O) groups excluding carboxylic acids is 2. The van der Waals surface area contributed by atoms with Crippen molar-refractivity contribution in [2.24, 2.45) is 5.92 Å². The molecule has 0 saturated carbocycles. The maximum absolute atomic E-state index is 12.5. The van der Waals surface area contributed by atoms with E-state index in [1.165, 1.54) is 18.2 Å². The minimum Gasteiger partial charge on any atom is -0.508 e. The number of allylic oxidation sites excluding steroid dienone is 3. The molecule has 1 aliphatic rings. The summed E-state index contributed by atoms with van der Waals surface area (Å²) >= 11 is 0. The summed E-state index contributed by atoms with van der Waals surface area (Å²) in [7, 11) is 0. The molecular weight excluding hydrogens is 346 g/mol. The fourth-order valence-electron chi connectivity index (χ4n) is 2.74. The summed E-state index contributed by atoms with van der Waals surface area (Å²) in [6.45, 7) is 5.35. The van der Waals surface area contributed by atoms with Gasteiger partial charge in [-0.3, -0.25) is 9.59 Å². The first-order chi connectivity index (χ1) is 12.7. The van der Waals surface area contributed by atoms with Gasteiger partial charge in [0, 0.05) is 12.3 Å². The van der Waals surface area contributed by atoms with Crippen molar-refractivity contribution < 1.29 is 24.9 Å². The lowest BCUT2D eigenvalue weighted by atomic mass is 10.0. The Morgan fingerprint density at radius 1 is 1.19 bits per heavy atom. The highest BCUT2D eigenvalue weighted by atomic mass is 16.3. The highest BCUT2D eigenvalue weighted by molar-refractivity contribution is 6.27. The Bertz CT molecular complexity index is 802. The number of aliphatic hydroxyl groups excluding tert-OH is 2. The highest BCUT2D eigenvalue weighted by Gasteiger charge is 2.37. The molecule has 1 saturated heterocycles. The van der Waals surface area contributed by atoms with E-state index < -0.39 is 23.8 Å². The van der Waals surface area contributed by atoms with E-state index in [0.717, 1.165) is 11.1 Å². The Morgan fingerprint density at radius 3 is 2.41 bits per heavy atom. The van der Waals surface area contributed by atoms with Crippen LogP contribution in [-0.4, -0.2) is 39.2 Å². The molecule has 27 heavy (non-hydrogen) atoms. The molecule has 1 amide bonds. The average molecular weight is 371 g/mol. The predicted octanol–water partition coefficient (Wildman–Crippen LogP) is 2.33. The second-order valence-corrected chi connectivity index (χ2v) is 6.86. The fourth-order valence-corrected chi connectivity index (χ4v) is 2.74. The smallest absolute Gasteiger partial charge is 0.259 e. The van der Waals surface area contributed by atoms with E-state index in [1.54, 1.807) is 32.1 Å². The van der Waals surface area contributed by atoms with Crippen molar-refractivity contribution in [2.45, 2.75) is 39.3 Å². The lowest BCUT2D eigenvalue weighted by Gasteiger charge is -2.09. The number of hydrogen-bond donors (Lipinski definition) is 4. The van der Waals surface area contributed by atoms with Crippen LogP contribution < -0.4 is 5.32 Å². The summed E-state index contributed by atoms with van der Waals surface area (Å²) in [6, 6.07) is 5.62. The molecule has 0 spiro atoms. The van der Waals surface area contributed by atoms with E-state index in [0.29, 0.717) is 0 Å². The second kappa shape index (κ2) is 8.68. The monoisotopic (exact) mass is 371 g/mol. The van der Waals surface area contributed by atoms with Crippen molar-refractivity contribution in [1.29, 1.82) is 0 Å². The van der Waals surface area contributed by atoms with Crippen LogP contribution in [0.4, 0.5) is 0 Å². The molecule has 0 aliphatic carbocycles. The number of carbonyl (C=O) groups is 2. The van der Waals surface area contributed by atoms with Gasteiger partial charge >= 0.3 is 0 Å². The van der Waals surface area contributed by atoms with Crippen LogP contribution in [-0.2, 0) is 16.0 Å². The molecular formula is C21H25NO5. The topological polar surface area (TPSA) is 107 Å². The Morgan fingerprint density at radius 2 is 1.81 bits per heavy atom. The number of Topliss-reactive ketones (excluding diaryl/α,β-unsaturated/α-hetero) is 1. The number of aliphatic hydroxyl groups is 2. The van der Waals surface area contributed by atoms with Gasteiger partial charge in [-0.25, -0.2) is 0 Å². The third-order valence-corrected chi connectivity index (χ3v) is 4.52. The van der Waals surface area contributed by atoms with E-state index >= 15 is 0 Å². The van der Waals surface area contributed by atoms with Crippen LogP contribution in [0.2, 0.25) is 0 Å². The van der Waals surface area contributed by atoms with Crippen molar-refractivity contribution in [3.05, 3.63) is 65.0 Å². The largest absolute Gasteiger partial charge is 0.508 e. The molecule has 0 radical (unpaired) electrons. The van der Waals surface area contributed by atoms with E-state index in [-0.39, 0.29) is 29.4 Å². The summed E-state index contributed by atoms with van der Waals surface area (Å²) in [6.07, 6.45) is 4.52. The highest BCUT2D eigenvalue weighted by Crippen LogP contribution is 2.20. The average Bonchev–Trinajstić information content (AvgIpc) is 2.88. The van der Waals surface area contributed by atoms with Gasteiger partial charge < -0.3 is 20.6 Å². The number of nitrogens with one attached hydrogen (secondary N) is 1. The summed E-state index contributed by atoms with van der Waals surface area (Å²) in [5.74, 6) is -1.39. The second-order valence-electron chi connectivity index (χ2n) is 6.86. The van der Waals surface area contributed by atoms with Gasteiger partial charge in [0.15, 0.2) is 5.78 Å². The van der Waals surface area contributed by atoms with Crippen molar-refractivity contribution in [1.82, 2.24) is 5.32 Å². The molecule has 1 heterocycles. The van der Waals surface area contributed by atoms with Gasteiger partial charge in [0.25, 0.3) is 5.91 Å². The third-order valence-electron chi connectivity index (χ3n) is 4.52. The number of phenols is 1. The van der Waals surface area contributed by atoms with Crippen LogP contribution in [0.1, 0.15) is 26.3 Å². The third kappa shape index (κ3) is 5.31. The van der Waals surface area contributed by atoms with Crippen LogP contribution in [0, 0.1) is 5.92 Å². The zero-order chi connectivity index (χ0) is 20.1. The minimum absolute atomic E-state index is 0.0597. The summed E-state index contributed by atoms with van der Waals surface area (Å²) in [4.78, 5) is 24.6. The van der Waals surface area contributed by atoms with Crippen LogP contribution in [0.5, 0.6) is 5.75 Å². The van der Waals surface area contributed by atoms with Crippen LogP contribution in [0.3, 0.4) is 0 Å². The predicted molar refractivity (Wildman–Crippen MR) is 102 cm³/mol. The zero-order valence-electron chi connectivity index (χ0n) is 15.6. The van der Waals surface area contributed by atoms with Crippen molar-refractivity contribution in [3.63, 3.8) is 0 Å². The molecule has 3 atom stereocenters. The van der Waals surface area contributed by atoms with E-state index in [2.05, 4.69) is 5.32 Å². The van der Waals surface area contributed by atoms with E-state index in [9.17, 15) is 24.9 Å². The number of hydrogen-bond acceptors (Lipinski definition) is 5. The van der Waals surface area contributed by atoms with Crippen LogP contribution in [0.15, 0.2) is 59.4 Å². The van der Waals surface area contributed by atoms with Crippen molar-refractivity contribution >= 4 is 11.7 Å². The molecule has 0 bridgehead atoms. The number of ketones is 1. The Balaban J connectivity index is 2.14. The first-order valence-corrected chi connectivity index (χ1v) is 8.79. The summed E-state index contributed by atoms with van der Waals surface area (Å²) in [5, 5.41) is 31.6. The summed E-state index contributed by atoms with van der Waals surface area (Å²) in [5.41, 5.74) is 1.32. The first-order valence-electron chi connectivity index (χ1n) is 8.79. The Labute approximate surface area is 158 Å². The molecule has 2 rings (SSSR count). The Hall–Kier alpha value is -2.86. The molecule has 144 valence electrons. The van der Waals surface area contributed by atoms with Gasteiger partial charge in [0.05, 0.1) is 12.1 Å². The molecule has 1 aliphatic heterocycles. The fraction of sp³-hybridized carbons (Fsp3) is 0.333. The Kier molecular flexibility index (Phi) is 6.58. The quantitative estimate of drug-likeness (QED) is 0.266. The van der Waals surface area contributed by atoms with Gasteiger partial charge in [-0.05, 0) is 37.6 Å². The molecule has 6 heteroatoms. The first kappa shape index (κ1) is 20.5. The van der Waals surface area contributed by atoms with E-state index in [1.807, 2.05) is 13.0 Å². The molecule has 1 aromatic rings. The van der Waals surface area contributed by atoms with Gasteiger partial charge in [-0.1, -0.05) is 36.8 Å². The molecule has 0 unspecified atom stereocenters. The standard InChI is InChI=1S/C21H25NO5/c1-12(10-13(2)14(3)23)4-9-18(25)19-20(26)17(22-21(19)27)11-15-5-7-16(24)8-6-15/h4-10,13-14,17,23-25H,11H2,1-3H3,(H,22,27)/b9-4+,12-10+,19-18?/t13-,14+,17-/m0/s1. The number of phenolic OH excluding ortho intramolecular Hbond substituents is 1. The number of aromatic hydroxyl groups is 1. The van der Waals surface area contributed by atoms with Crippen molar-refractivity contribution in [2.75, 3.05) is 0 Å². The number of rotatable bonds is 6. The van der Waals surface area contributed by atoms with E-state index in [4.69, 9.17) is 0 Å². The maximum atomic E-state index is 12.5. The molecule has 1 fully saturated rings. The number of amides is 1. The molecule has 1 aromatic carbocycles. The van der Waals surface area contributed by atoms with Crippen LogP contribution >= 0.6 is 0 Å². The van der Waals surface area contributed by atoms with Gasteiger partial charge in [-0.2, -0.15) is 0 Å². The number of benzene rings is 1. The molecule has 6 nitrogen and oxygen atoms in total. The summed E-state index contributed by atoms with van der Waals surface area (Å²) < 4.78 is 0. The minimum atomic E-state index is -0.750. The normalized spacial score (nSPS) is 22.1. The van der Waals surface area contributed by atoms with Crippen LogP contribution in [0.25, 0.3) is 0 Å². The van der Waals surface area contributed by atoms with Gasteiger partial charge in [0.1, 0.15) is 17.1 Å². The van der Waals surface area contributed by atoms with Gasteiger partial charge in [0.2, 0.25) is 0 Å². The SMILES string of the molecule is CC(/C=C/C(O)=C1C(=O)N[C@@H](Cc2ccc(O)cc2)C1=O)=C\[C@H](C)[C@@H](C)O. The van der Waals surface area contributed by atoms with Crippen molar-refractivity contribution in [3.8, 4) is 5.75 Å².